The molecule has 200 valence electrons. The molecule has 3 rings (SSSR count). The first-order valence-electron chi connectivity index (χ1n) is 10.6. The molecule has 3 fully saturated rings. The lowest BCUT2D eigenvalue weighted by molar-refractivity contribution is -0.388. The van der Waals surface area contributed by atoms with E-state index < -0.39 is 112 Å². The van der Waals surface area contributed by atoms with E-state index in [1.54, 1.807) is 0 Å². The Morgan fingerprint density at radius 3 is 1.65 bits per heavy atom. The first kappa shape index (κ1) is 27.9. The molecular weight excluding hydrogens is 472 g/mol. The molecule has 0 bridgehead atoms. The smallest absolute Gasteiger partial charge is 0.224 e. The van der Waals surface area contributed by atoms with Crippen molar-refractivity contribution in [1.29, 1.82) is 0 Å². The fourth-order valence-electron chi connectivity index (χ4n) is 4.01. The standard InChI is InChI=1S/C18H32O16/c19-1-5-8(22)11(25)13(27)16(31-5)30-3-7-9(23)12(26)14(28)17(32-7)34-18(4-21)15(29)10(24)6(2-20)33-18/h5-17,19-29H,1-4H2/t5?,6-,7?,8+,9-,10?,11-,12-,13?,14?,15-,16+,17-,18+/m1/s1. The van der Waals surface area contributed by atoms with E-state index >= 15 is 0 Å². The summed E-state index contributed by atoms with van der Waals surface area (Å²) in [7, 11) is 0. The highest BCUT2D eigenvalue weighted by molar-refractivity contribution is 4.98. The van der Waals surface area contributed by atoms with Gasteiger partial charge in [-0.2, -0.15) is 0 Å². The molecule has 0 aromatic carbocycles. The fraction of sp³-hybridized carbons (Fsp3) is 1.00. The summed E-state index contributed by atoms with van der Waals surface area (Å²) in [5.74, 6) is -2.36. The number of ether oxygens (including phenoxy) is 5. The fourth-order valence-corrected chi connectivity index (χ4v) is 4.01. The van der Waals surface area contributed by atoms with Crippen LogP contribution in [-0.4, -0.2) is 168 Å². The van der Waals surface area contributed by atoms with Gasteiger partial charge < -0.3 is 79.9 Å². The Morgan fingerprint density at radius 2 is 1.12 bits per heavy atom. The molecule has 3 aliphatic rings. The maximum atomic E-state index is 10.3. The quantitative estimate of drug-likeness (QED) is 0.146. The molecule has 3 aliphatic heterocycles. The van der Waals surface area contributed by atoms with Crippen LogP contribution in [0.15, 0.2) is 0 Å². The van der Waals surface area contributed by atoms with E-state index in [-0.39, 0.29) is 0 Å². The zero-order valence-electron chi connectivity index (χ0n) is 17.8. The number of aliphatic hydroxyl groups excluding tert-OH is 11. The monoisotopic (exact) mass is 504 g/mol. The van der Waals surface area contributed by atoms with Crippen LogP contribution in [0, 0.1) is 0 Å². The molecule has 3 heterocycles. The van der Waals surface area contributed by atoms with Crippen molar-refractivity contribution in [3.05, 3.63) is 0 Å². The van der Waals surface area contributed by atoms with E-state index in [2.05, 4.69) is 0 Å². The number of aliphatic hydroxyl groups is 11. The Morgan fingerprint density at radius 1 is 0.588 bits per heavy atom. The topological polar surface area (TPSA) is 269 Å². The van der Waals surface area contributed by atoms with Gasteiger partial charge >= 0.3 is 0 Å². The molecule has 0 spiro atoms. The molecule has 0 aliphatic carbocycles. The molecule has 34 heavy (non-hydrogen) atoms. The van der Waals surface area contributed by atoms with E-state index in [9.17, 15) is 56.2 Å². The highest BCUT2D eigenvalue weighted by Crippen LogP contribution is 2.36. The van der Waals surface area contributed by atoms with Crippen molar-refractivity contribution in [3.63, 3.8) is 0 Å². The van der Waals surface area contributed by atoms with Crippen molar-refractivity contribution in [3.8, 4) is 0 Å². The molecule has 16 heteroatoms. The summed E-state index contributed by atoms with van der Waals surface area (Å²) in [4.78, 5) is 0. The van der Waals surface area contributed by atoms with Gasteiger partial charge in [0.05, 0.1) is 19.8 Å². The largest absolute Gasteiger partial charge is 0.394 e. The number of rotatable bonds is 8. The first-order chi connectivity index (χ1) is 16.0. The van der Waals surface area contributed by atoms with Gasteiger partial charge in [0.25, 0.3) is 0 Å². The van der Waals surface area contributed by atoms with Gasteiger partial charge in [-0.25, -0.2) is 0 Å². The highest BCUT2D eigenvalue weighted by Gasteiger charge is 2.58. The van der Waals surface area contributed by atoms with E-state index in [0.717, 1.165) is 0 Å². The lowest BCUT2D eigenvalue weighted by Crippen LogP contribution is -2.63. The van der Waals surface area contributed by atoms with E-state index in [0.29, 0.717) is 0 Å². The molecule has 0 saturated carbocycles. The molecule has 16 nitrogen and oxygen atoms in total. The van der Waals surface area contributed by atoms with Gasteiger partial charge in [-0.3, -0.25) is 0 Å². The predicted octanol–water partition coefficient (Wildman–Crippen LogP) is -7.57. The molecule has 3 saturated heterocycles. The zero-order chi connectivity index (χ0) is 25.4. The summed E-state index contributed by atoms with van der Waals surface area (Å²) in [5.41, 5.74) is 0. The molecule has 0 aromatic heterocycles. The minimum Gasteiger partial charge on any atom is -0.394 e. The Labute approximate surface area is 192 Å². The molecule has 11 N–H and O–H groups in total. The third kappa shape index (κ3) is 5.09. The number of hydrogen-bond donors (Lipinski definition) is 11. The van der Waals surface area contributed by atoms with Crippen LogP contribution in [0.1, 0.15) is 0 Å². The lowest BCUT2D eigenvalue weighted by Gasteiger charge is -2.44. The molecule has 5 unspecified atom stereocenters. The minimum absolute atomic E-state index is 0.634. The third-order valence-electron chi connectivity index (χ3n) is 6.16. The van der Waals surface area contributed by atoms with Crippen LogP contribution < -0.4 is 0 Å². The number of hydrogen-bond acceptors (Lipinski definition) is 16. The van der Waals surface area contributed by atoms with Crippen LogP contribution in [0.4, 0.5) is 0 Å². The van der Waals surface area contributed by atoms with Crippen LogP contribution in [-0.2, 0) is 23.7 Å². The van der Waals surface area contributed by atoms with Crippen LogP contribution in [0.3, 0.4) is 0 Å². The van der Waals surface area contributed by atoms with Crippen LogP contribution in [0.5, 0.6) is 0 Å². The van der Waals surface area contributed by atoms with Crippen molar-refractivity contribution in [2.75, 3.05) is 26.4 Å². The Hall–Kier alpha value is -0.640. The first-order valence-corrected chi connectivity index (χ1v) is 10.6. The van der Waals surface area contributed by atoms with Crippen LogP contribution in [0.2, 0.25) is 0 Å². The third-order valence-corrected chi connectivity index (χ3v) is 6.16. The summed E-state index contributed by atoms with van der Waals surface area (Å²) < 4.78 is 26.4. The second-order valence-corrected chi connectivity index (χ2v) is 8.41. The summed E-state index contributed by atoms with van der Waals surface area (Å²) in [6, 6.07) is 0. The Bertz CT molecular complexity index is 653. The van der Waals surface area contributed by atoms with Gasteiger partial charge in [-0.1, -0.05) is 0 Å². The zero-order valence-corrected chi connectivity index (χ0v) is 17.8. The summed E-state index contributed by atoms with van der Waals surface area (Å²) >= 11 is 0. The molecule has 14 atom stereocenters. The maximum absolute atomic E-state index is 10.3. The second kappa shape index (κ2) is 11.2. The average molecular weight is 504 g/mol. The lowest BCUT2D eigenvalue weighted by atomic mass is 9.98. The van der Waals surface area contributed by atoms with Crippen molar-refractivity contribution in [1.82, 2.24) is 0 Å². The van der Waals surface area contributed by atoms with Crippen molar-refractivity contribution in [2.24, 2.45) is 0 Å². The van der Waals surface area contributed by atoms with Gasteiger partial charge in [-0.05, 0) is 0 Å². The van der Waals surface area contributed by atoms with Crippen molar-refractivity contribution < 1.29 is 79.9 Å². The van der Waals surface area contributed by atoms with Gasteiger partial charge in [0.15, 0.2) is 12.6 Å². The van der Waals surface area contributed by atoms with Gasteiger partial charge in [-0.15, -0.1) is 0 Å². The van der Waals surface area contributed by atoms with Gasteiger partial charge in [0.2, 0.25) is 5.79 Å². The molecule has 0 radical (unpaired) electrons. The van der Waals surface area contributed by atoms with Crippen molar-refractivity contribution >= 4 is 0 Å². The van der Waals surface area contributed by atoms with E-state index in [1.807, 2.05) is 0 Å². The highest BCUT2D eigenvalue weighted by atomic mass is 16.8. The van der Waals surface area contributed by atoms with Crippen LogP contribution >= 0.6 is 0 Å². The SMILES string of the molecule is OCC1O[C@H](OCC2O[C@H](O[C@]3(CO)O[C@H](CO)C(O)[C@H]3O)C(O)[C@H](O)[C@@H]2O)C(O)[C@H](O)[C@H]1O. The normalized spacial score (nSPS) is 52.1. The van der Waals surface area contributed by atoms with E-state index in [4.69, 9.17) is 23.7 Å². The molecular formula is C18H32O16. The van der Waals surface area contributed by atoms with E-state index in [1.165, 1.54) is 0 Å². The summed E-state index contributed by atoms with van der Waals surface area (Å²) in [6.07, 6.45) is -21.8. The van der Waals surface area contributed by atoms with Gasteiger partial charge in [0.1, 0.15) is 73.8 Å². The summed E-state index contributed by atoms with van der Waals surface area (Å²) in [6.45, 7) is -3.14. The van der Waals surface area contributed by atoms with Crippen molar-refractivity contribution in [2.45, 2.75) is 85.5 Å². The predicted molar refractivity (Wildman–Crippen MR) is 101 cm³/mol. The van der Waals surface area contributed by atoms with Crippen LogP contribution in [0.25, 0.3) is 0 Å². The second-order valence-electron chi connectivity index (χ2n) is 8.41. The Kier molecular flexibility index (Phi) is 9.18. The minimum atomic E-state index is -2.36. The Balaban J connectivity index is 1.69. The molecule has 0 aromatic rings. The molecule has 0 amide bonds. The maximum Gasteiger partial charge on any atom is 0.224 e. The summed E-state index contributed by atoms with van der Waals surface area (Å²) in [5, 5.41) is 109. The van der Waals surface area contributed by atoms with Gasteiger partial charge in [0, 0.05) is 0 Å². The average Bonchev–Trinajstić information content (AvgIpc) is 3.08.